The average molecular weight is 434 g/mol. The van der Waals surface area contributed by atoms with Crippen molar-refractivity contribution in [3.05, 3.63) is 100 Å². The number of fused-ring (bicyclic) bond motifs is 1. The largest absolute Gasteiger partial charge is 0.497 e. The van der Waals surface area contributed by atoms with Gasteiger partial charge in [0.2, 0.25) is 5.88 Å². The van der Waals surface area contributed by atoms with E-state index in [2.05, 4.69) is 0 Å². The molecule has 0 saturated heterocycles. The number of allylic oxidation sites excluding steroid dienone is 1. The molecule has 0 unspecified atom stereocenters. The maximum absolute atomic E-state index is 14.5. The number of nitrogens with zero attached hydrogens (tertiary/aromatic N) is 1. The van der Waals surface area contributed by atoms with E-state index in [-0.39, 0.29) is 34.1 Å². The van der Waals surface area contributed by atoms with E-state index in [1.165, 1.54) is 31.4 Å². The van der Waals surface area contributed by atoms with Crippen LogP contribution >= 0.6 is 0 Å². The number of esters is 1. The van der Waals surface area contributed by atoms with E-state index in [1.807, 2.05) is 6.07 Å². The summed E-state index contributed by atoms with van der Waals surface area (Å²) in [6.45, 7) is 0. The second kappa shape index (κ2) is 8.40. The molecule has 0 radical (unpaired) electrons. The van der Waals surface area contributed by atoms with Crippen molar-refractivity contribution >= 4 is 5.97 Å². The van der Waals surface area contributed by atoms with Crippen LogP contribution in [0, 0.1) is 23.0 Å². The third kappa shape index (κ3) is 3.84. The number of carbonyl (C=O) groups is 1. The number of hydrogen-bond acceptors (Lipinski definition) is 6. The van der Waals surface area contributed by atoms with Gasteiger partial charge in [-0.1, -0.05) is 18.2 Å². The first-order chi connectivity index (χ1) is 15.4. The highest BCUT2D eigenvalue weighted by Crippen LogP contribution is 2.44. The first kappa shape index (κ1) is 20.9. The number of hydrogen-bond donors (Lipinski definition) is 1. The molecule has 2 N–H and O–H groups in total. The van der Waals surface area contributed by atoms with Crippen molar-refractivity contribution in [2.45, 2.75) is 5.92 Å². The van der Waals surface area contributed by atoms with Gasteiger partial charge in [-0.3, -0.25) is 0 Å². The highest BCUT2D eigenvalue weighted by atomic mass is 19.1. The molecule has 0 aliphatic carbocycles. The Morgan fingerprint density at radius 3 is 2.56 bits per heavy atom. The number of carbonyl (C=O) groups excluding carboxylic acids is 1. The summed E-state index contributed by atoms with van der Waals surface area (Å²) in [7, 11) is 1.49. The molecule has 1 aliphatic heterocycles. The predicted molar refractivity (Wildman–Crippen MR) is 110 cm³/mol. The zero-order valence-electron chi connectivity index (χ0n) is 16.8. The minimum atomic E-state index is -0.910. The number of halogens is 2. The van der Waals surface area contributed by atoms with Gasteiger partial charge in [-0.15, -0.1) is 0 Å². The zero-order chi connectivity index (χ0) is 22.8. The minimum absolute atomic E-state index is 0.0101. The summed E-state index contributed by atoms with van der Waals surface area (Å²) in [5.74, 6) is -2.47. The van der Waals surface area contributed by atoms with Gasteiger partial charge in [0.05, 0.1) is 18.6 Å². The molecule has 1 heterocycles. The van der Waals surface area contributed by atoms with Crippen molar-refractivity contribution in [2.75, 3.05) is 7.11 Å². The SMILES string of the molecule is COc1cccc(C(=O)Oc2ccc3c(c2)OC(N)=C(C#N)[C@@H]3c2ccc(F)cc2F)c1. The maximum atomic E-state index is 14.5. The van der Waals surface area contributed by atoms with Crippen LogP contribution in [0.5, 0.6) is 17.2 Å². The highest BCUT2D eigenvalue weighted by Gasteiger charge is 2.33. The Hall–Kier alpha value is -4.38. The second-order valence-electron chi connectivity index (χ2n) is 6.91. The van der Waals surface area contributed by atoms with Gasteiger partial charge in [0.25, 0.3) is 0 Å². The van der Waals surface area contributed by atoms with E-state index in [0.29, 0.717) is 11.3 Å². The van der Waals surface area contributed by atoms with Gasteiger partial charge >= 0.3 is 5.97 Å². The van der Waals surface area contributed by atoms with Gasteiger partial charge in [-0.05, 0) is 30.3 Å². The Bertz CT molecular complexity index is 1300. The van der Waals surface area contributed by atoms with Gasteiger partial charge in [-0.25, -0.2) is 13.6 Å². The van der Waals surface area contributed by atoms with Crippen LogP contribution in [-0.4, -0.2) is 13.1 Å². The number of nitrogens with two attached hydrogens (primary N) is 1. The van der Waals surface area contributed by atoms with E-state index in [1.54, 1.807) is 24.3 Å². The van der Waals surface area contributed by atoms with E-state index in [4.69, 9.17) is 19.9 Å². The smallest absolute Gasteiger partial charge is 0.343 e. The number of methoxy groups -OCH3 is 1. The Morgan fingerprint density at radius 2 is 1.84 bits per heavy atom. The number of benzene rings is 3. The lowest BCUT2D eigenvalue weighted by molar-refractivity contribution is 0.0734. The zero-order valence-corrected chi connectivity index (χ0v) is 16.8. The quantitative estimate of drug-likeness (QED) is 0.483. The van der Waals surface area contributed by atoms with Gasteiger partial charge in [0.1, 0.15) is 40.5 Å². The Labute approximate surface area is 182 Å². The van der Waals surface area contributed by atoms with Crippen molar-refractivity contribution in [1.82, 2.24) is 0 Å². The molecule has 32 heavy (non-hydrogen) atoms. The van der Waals surface area contributed by atoms with E-state index in [0.717, 1.165) is 12.1 Å². The third-order valence-electron chi connectivity index (χ3n) is 4.98. The molecule has 0 fully saturated rings. The number of ether oxygens (including phenoxy) is 3. The van der Waals surface area contributed by atoms with Crippen LogP contribution in [-0.2, 0) is 0 Å². The molecule has 3 aromatic rings. The molecule has 1 atom stereocenters. The summed E-state index contributed by atoms with van der Waals surface area (Å²) in [4.78, 5) is 12.5. The van der Waals surface area contributed by atoms with Crippen molar-refractivity contribution in [1.29, 1.82) is 5.26 Å². The number of rotatable bonds is 4. The van der Waals surface area contributed by atoms with E-state index >= 15 is 0 Å². The molecule has 8 heteroatoms. The van der Waals surface area contributed by atoms with Gasteiger partial charge in [0.15, 0.2) is 0 Å². The topological polar surface area (TPSA) is 94.6 Å². The highest BCUT2D eigenvalue weighted by molar-refractivity contribution is 5.91. The molecule has 3 aromatic carbocycles. The molecule has 1 aliphatic rings. The van der Waals surface area contributed by atoms with Gasteiger partial charge in [-0.2, -0.15) is 5.26 Å². The molecule has 0 aromatic heterocycles. The van der Waals surface area contributed by atoms with Crippen LogP contribution in [0.4, 0.5) is 8.78 Å². The first-order valence-electron chi connectivity index (χ1n) is 9.44. The summed E-state index contributed by atoms with van der Waals surface area (Å²) >= 11 is 0. The first-order valence-corrected chi connectivity index (χ1v) is 9.44. The molecular formula is C24H16F2N2O4. The summed E-state index contributed by atoms with van der Waals surface area (Å²) < 4.78 is 44.0. The predicted octanol–water partition coefficient (Wildman–Crippen LogP) is 4.41. The molecule has 0 bridgehead atoms. The van der Waals surface area contributed by atoms with Gasteiger partial charge in [0, 0.05) is 23.3 Å². The fraction of sp³-hybridized carbons (Fsp3) is 0.0833. The molecule has 0 spiro atoms. The Kier molecular flexibility index (Phi) is 5.48. The fourth-order valence-electron chi connectivity index (χ4n) is 3.47. The van der Waals surface area contributed by atoms with Crippen molar-refractivity contribution in [3.8, 4) is 23.3 Å². The van der Waals surface area contributed by atoms with Crippen LogP contribution in [0.3, 0.4) is 0 Å². The normalized spacial score (nSPS) is 14.8. The Balaban J connectivity index is 1.70. The number of nitriles is 1. The van der Waals surface area contributed by atoms with Crippen molar-refractivity contribution in [2.24, 2.45) is 5.73 Å². The summed E-state index contributed by atoms with van der Waals surface area (Å²) in [6, 6.07) is 15.9. The Morgan fingerprint density at radius 1 is 1.06 bits per heavy atom. The standard InChI is InChI=1S/C24H16F2N2O4/c1-30-15-4-2-3-13(9-15)24(29)31-16-6-8-18-21(11-16)32-23(28)19(12-27)22(18)17-7-5-14(25)10-20(17)26/h2-11,22H,28H2,1H3/t22-/m1/s1. The minimum Gasteiger partial charge on any atom is -0.497 e. The van der Waals surface area contributed by atoms with Crippen molar-refractivity contribution < 1.29 is 27.8 Å². The molecule has 6 nitrogen and oxygen atoms in total. The molecule has 160 valence electrons. The molecule has 0 amide bonds. The lowest BCUT2D eigenvalue weighted by Gasteiger charge is -2.27. The average Bonchev–Trinajstić information content (AvgIpc) is 2.78. The second-order valence-corrected chi connectivity index (χ2v) is 6.91. The fourth-order valence-corrected chi connectivity index (χ4v) is 3.47. The van der Waals surface area contributed by atoms with Crippen molar-refractivity contribution in [3.63, 3.8) is 0 Å². The van der Waals surface area contributed by atoms with Crippen LogP contribution in [0.25, 0.3) is 0 Å². The molecule has 4 rings (SSSR count). The third-order valence-corrected chi connectivity index (χ3v) is 4.98. The lowest BCUT2D eigenvalue weighted by atomic mass is 9.83. The molecular weight excluding hydrogens is 418 g/mol. The van der Waals surface area contributed by atoms with Crippen LogP contribution in [0.2, 0.25) is 0 Å². The summed E-state index contributed by atoms with van der Waals surface area (Å²) in [5, 5.41) is 9.56. The van der Waals surface area contributed by atoms with Crippen LogP contribution in [0.15, 0.2) is 72.1 Å². The maximum Gasteiger partial charge on any atom is 0.343 e. The van der Waals surface area contributed by atoms with Gasteiger partial charge < -0.3 is 19.9 Å². The summed E-state index contributed by atoms with van der Waals surface area (Å²) in [5.41, 5.74) is 6.66. The summed E-state index contributed by atoms with van der Waals surface area (Å²) in [6.07, 6.45) is 0. The monoisotopic (exact) mass is 434 g/mol. The molecule has 0 saturated carbocycles. The van der Waals surface area contributed by atoms with E-state index in [9.17, 15) is 18.8 Å². The van der Waals surface area contributed by atoms with E-state index < -0.39 is 23.5 Å². The van der Waals surface area contributed by atoms with Crippen LogP contribution < -0.4 is 19.9 Å². The van der Waals surface area contributed by atoms with Crippen LogP contribution in [0.1, 0.15) is 27.4 Å². The lowest BCUT2D eigenvalue weighted by Crippen LogP contribution is -2.22.